The maximum Gasteiger partial charge on any atom is -0.00258 e. The zero-order chi connectivity index (χ0) is 43.8. The topological polar surface area (TPSA) is 0 Å². The summed E-state index contributed by atoms with van der Waals surface area (Å²) < 4.78 is 0. The van der Waals surface area contributed by atoms with E-state index < -0.39 is 0 Å². The molecule has 326 valence electrons. The Morgan fingerprint density at radius 1 is 0.424 bits per heavy atom. The molecule has 0 aromatic heterocycles. The summed E-state index contributed by atoms with van der Waals surface area (Å²) in [5.74, 6) is 5.16. The van der Waals surface area contributed by atoms with Gasteiger partial charge < -0.3 is 0 Å². The first kappa shape index (κ1) is 50.2. The van der Waals surface area contributed by atoms with Gasteiger partial charge in [-0.2, -0.15) is 0 Å². The van der Waals surface area contributed by atoms with Crippen molar-refractivity contribution in [1.29, 1.82) is 0 Å². The minimum Gasteiger partial charge on any atom is -0.0625 e. The van der Waals surface area contributed by atoms with Crippen LogP contribution in [0.1, 0.15) is 181 Å². The molecule has 4 aromatic carbocycles. The molecule has 0 saturated heterocycles. The van der Waals surface area contributed by atoms with E-state index >= 15 is 0 Å². The third-order valence-corrected chi connectivity index (χ3v) is 13.9. The summed E-state index contributed by atoms with van der Waals surface area (Å²) in [6.45, 7) is 34.0. The molecule has 3 aliphatic rings. The highest BCUT2D eigenvalue weighted by molar-refractivity contribution is 5.32. The SMILES string of the molecule is CC1CC(C)(C)CC(C)(C)C1.CC1CCC(CC2CCC(C)CC2)CC1.Cc1ccc(C)c(C)c1.Cc1ccc(Cc2ccc(C)cc2)cc1.Cc1cccc(C)c1C. The van der Waals surface area contributed by atoms with Gasteiger partial charge in [-0.25, -0.2) is 0 Å². The minimum atomic E-state index is 0.584. The fraction of sp³-hybridized carbons (Fsp3) is 0.593. The van der Waals surface area contributed by atoms with Gasteiger partial charge in [0.15, 0.2) is 0 Å². The van der Waals surface area contributed by atoms with E-state index in [1.54, 1.807) is 6.42 Å². The highest BCUT2D eigenvalue weighted by atomic mass is 14.4. The van der Waals surface area contributed by atoms with Gasteiger partial charge in [0.2, 0.25) is 0 Å². The quantitative estimate of drug-likeness (QED) is 0.193. The highest BCUT2D eigenvalue weighted by Gasteiger charge is 2.36. The third kappa shape index (κ3) is 19.9. The molecule has 4 aromatic rings. The van der Waals surface area contributed by atoms with Crippen LogP contribution >= 0.6 is 0 Å². The van der Waals surface area contributed by atoms with Crippen LogP contribution in [-0.2, 0) is 6.42 Å². The van der Waals surface area contributed by atoms with E-state index in [1.165, 1.54) is 126 Å². The fourth-order valence-electron chi connectivity index (χ4n) is 10.4. The van der Waals surface area contributed by atoms with Crippen LogP contribution in [0.25, 0.3) is 0 Å². The smallest absolute Gasteiger partial charge is 0.00258 e. The van der Waals surface area contributed by atoms with Gasteiger partial charge in [-0.1, -0.05) is 201 Å². The summed E-state index contributed by atoms with van der Waals surface area (Å²) >= 11 is 0. The number of hydrogen-bond donors (Lipinski definition) is 0. The number of benzene rings is 4. The largest absolute Gasteiger partial charge is 0.0625 e. The second kappa shape index (κ2) is 24.4. The lowest BCUT2D eigenvalue weighted by Gasteiger charge is -2.44. The first-order valence-corrected chi connectivity index (χ1v) is 23.9. The van der Waals surface area contributed by atoms with Crippen molar-refractivity contribution in [3.05, 3.63) is 141 Å². The van der Waals surface area contributed by atoms with Crippen LogP contribution in [0, 0.1) is 95.8 Å². The Morgan fingerprint density at radius 2 is 0.814 bits per heavy atom. The molecule has 0 radical (unpaired) electrons. The van der Waals surface area contributed by atoms with Crippen LogP contribution in [0.3, 0.4) is 0 Å². The summed E-state index contributed by atoms with van der Waals surface area (Å²) in [5, 5.41) is 0. The van der Waals surface area contributed by atoms with Crippen LogP contribution in [0.2, 0.25) is 0 Å². The average Bonchev–Trinajstić information content (AvgIpc) is 3.16. The molecule has 0 aliphatic heterocycles. The molecule has 0 heteroatoms. The Kier molecular flexibility index (Phi) is 20.7. The van der Waals surface area contributed by atoms with Gasteiger partial charge in [0.05, 0.1) is 0 Å². The monoisotopic (exact) mass is 799 g/mol. The Labute approximate surface area is 366 Å². The number of aryl methyl sites for hydroxylation is 7. The zero-order valence-electron chi connectivity index (χ0n) is 41.2. The predicted molar refractivity (Wildman–Crippen MR) is 264 cm³/mol. The minimum absolute atomic E-state index is 0.584. The number of hydrogen-bond acceptors (Lipinski definition) is 0. The molecule has 59 heavy (non-hydrogen) atoms. The van der Waals surface area contributed by atoms with Crippen molar-refractivity contribution in [3.63, 3.8) is 0 Å². The lowest BCUT2D eigenvalue weighted by molar-refractivity contribution is 0.0754. The first-order chi connectivity index (χ1) is 27.7. The van der Waals surface area contributed by atoms with Crippen LogP contribution in [0.5, 0.6) is 0 Å². The van der Waals surface area contributed by atoms with Crippen LogP contribution in [0.15, 0.2) is 84.9 Å². The van der Waals surface area contributed by atoms with E-state index in [9.17, 15) is 0 Å². The lowest BCUT2D eigenvalue weighted by atomic mass is 9.62. The Balaban J connectivity index is 0.000000201. The predicted octanol–water partition coefficient (Wildman–Crippen LogP) is 18.0. The van der Waals surface area contributed by atoms with Gasteiger partial charge in [-0.15, -0.1) is 0 Å². The van der Waals surface area contributed by atoms with E-state index in [4.69, 9.17) is 0 Å². The van der Waals surface area contributed by atoms with Crippen molar-refractivity contribution < 1.29 is 0 Å². The van der Waals surface area contributed by atoms with Gasteiger partial charge in [0.1, 0.15) is 0 Å². The summed E-state index contributed by atoms with van der Waals surface area (Å²) in [6, 6.07) is 30.4. The second-order valence-corrected chi connectivity index (χ2v) is 21.8. The summed E-state index contributed by atoms with van der Waals surface area (Å²) in [7, 11) is 0. The molecular weight excluding hydrogens is 709 g/mol. The van der Waals surface area contributed by atoms with Gasteiger partial charge in [-0.05, 0) is 167 Å². The van der Waals surface area contributed by atoms with Crippen molar-refractivity contribution >= 4 is 0 Å². The average molecular weight is 799 g/mol. The summed E-state index contributed by atoms with van der Waals surface area (Å²) in [4.78, 5) is 0. The second-order valence-electron chi connectivity index (χ2n) is 21.8. The molecule has 0 heterocycles. The third-order valence-electron chi connectivity index (χ3n) is 13.9. The molecule has 0 nitrogen and oxygen atoms in total. The molecule has 0 N–H and O–H groups in total. The van der Waals surface area contributed by atoms with E-state index in [1.807, 2.05) is 0 Å². The Hall–Kier alpha value is -3.12. The molecule has 3 fully saturated rings. The first-order valence-electron chi connectivity index (χ1n) is 23.9. The van der Waals surface area contributed by atoms with Crippen LogP contribution < -0.4 is 0 Å². The zero-order valence-corrected chi connectivity index (χ0v) is 41.2. The molecule has 0 bridgehead atoms. The van der Waals surface area contributed by atoms with Crippen LogP contribution in [-0.4, -0.2) is 0 Å². The summed E-state index contributed by atoms with van der Waals surface area (Å²) in [5.41, 5.74) is 14.9. The molecular formula is C59H90. The van der Waals surface area contributed by atoms with Crippen molar-refractivity contribution in [2.75, 3.05) is 0 Å². The molecule has 0 amide bonds. The van der Waals surface area contributed by atoms with E-state index in [0.717, 1.165) is 36.0 Å². The highest BCUT2D eigenvalue weighted by Crippen LogP contribution is 2.48. The number of rotatable bonds is 4. The maximum atomic E-state index is 2.43. The fourth-order valence-corrected chi connectivity index (χ4v) is 10.4. The van der Waals surface area contributed by atoms with Gasteiger partial charge in [0, 0.05) is 0 Å². The molecule has 0 atom stereocenters. The van der Waals surface area contributed by atoms with Crippen molar-refractivity contribution in [2.24, 2.45) is 40.4 Å². The Morgan fingerprint density at radius 3 is 1.15 bits per heavy atom. The molecule has 3 aliphatic carbocycles. The van der Waals surface area contributed by atoms with Crippen molar-refractivity contribution in [3.8, 4) is 0 Å². The van der Waals surface area contributed by atoms with Crippen molar-refractivity contribution in [1.82, 2.24) is 0 Å². The van der Waals surface area contributed by atoms with Gasteiger partial charge in [-0.3, -0.25) is 0 Å². The van der Waals surface area contributed by atoms with Gasteiger partial charge in [0.25, 0.3) is 0 Å². The van der Waals surface area contributed by atoms with E-state index in [-0.39, 0.29) is 0 Å². The summed E-state index contributed by atoms with van der Waals surface area (Å²) in [6.07, 6.45) is 19.0. The molecule has 3 saturated carbocycles. The standard InChI is InChI=1S/C15H28.C15H16.C11H22.2C9H12/c2*1-12-3-7-14(8-4-12)11-15-9-5-13(2)6-10-15;1-9-6-10(2,3)8-11(4,5)7-9;1-7-4-5-8(2)9(3)6-7;1-7-5-4-6-8(2)9(7)3/h12-15H,3-11H2,1-2H3;3-10H,11H2,1-2H3;9H,6-8H2,1-5H3;2*4-6H,1-3H3. The van der Waals surface area contributed by atoms with Crippen LogP contribution in [0.4, 0.5) is 0 Å². The van der Waals surface area contributed by atoms with E-state index in [2.05, 4.69) is 189 Å². The molecule has 0 unspecified atom stereocenters. The lowest BCUT2D eigenvalue weighted by Crippen LogP contribution is -2.32. The Bertz CT molecular complexity index is 1650. The molecule has 0 spiro atoms. The maximum absolute atomic E-state index is 2.43. The van der Waals surface area contributed by atoms with E-state index in [0.29, 0.717) is 10.8 Å². The van der Waals surface area contributed by atoms with Crippen molar-refractivity contribution in [2.45, 2.75) is 187 Å². The molecule has 7 rings (SSSR count). The normalized spacial score (nSPS) is 22.1. The van der Waals surface area contributed by atoms with Gasteiger partial charge >= 0.3 is 0 Å².